The molecule has 1 aromatic carbocycles. The lowest BCUT2D eigenvalue weighted by Crippen LogP contribution is -2.40. The summed E-state index contributed by atoms with van der Waals surface area (Å²) in [7, 11) is -0.958. The predicted octanol–water partition coefficient (Wildman–Crippen LogP) is 1.55. The molecule has 1 saturated heterocycles. The van der Waals surface area contributed by atoms with Crippen LogP contribution in [0, 0.1) is 0 Å². The van der Waals surface area contributed by atoms with Crippen LogP contribution in [-0.2, 0) is 22.0 Å². The number of hydrogen-bond acceptors (Lipinski definition) is 5. The van der Waals surface area contributed by atoms with Gasteiger partial charge in [-0.25, -0.2) is 4.98 Å². The molecular formula is C16H22N4O2S. The summed E-state index contributed by atoms with van der Waals surface area (Å²) in [6, 6.07) is 9.62. The minimum absolute atomic E-state index is 0.106. The van der Waals surface area contributed by atoms with Crippen molar-refractivity contribution in [1.29, 1.82) is 0 Å². The van der Waals surface area contributed by atoms with E-state index in [1.807, 2.05) is 37.3 Å². The van der Waals surface area contributed by atoms with E-state index in [9.17, 15) is 4.21 Å². The van der Waals surface area contributed by atoms with Crippen LogP contribution in [0.5, 0.6) is 0 Å². The van der Waals surface area contributed by atoms with Gasteiger partial charge in [0.15, 0.2) is 5.82 Å². The summed E-state index contributed by atoms with van der Waals surface area (Å²) >= 11 is 0. The Labute approximate surface area is 138 Å². The fourth-order valence-corrected chi connectivity index (χ4v) is 3.70. The fraction of sp³-hybridized carbons (Fsp3) is 0.500. The maximum Gasteiger partial charge on any atom is 0.180 e. The Morgan fingerprint density at radius 1 is 1.39 bits per heavy atom. The number of rotatable bonds is 6. The van der Waals surface area contributed by atoms with Crippen LogP contribution in [-0.4, -0.2) is 56.3 Å². The van der Waals surface area contributed by atoms with E-state index in [2.05, 4.69) is 20.1 Å². The monoisotopic (exact) mass is 334 g/mol. The predicted molar refractivity (Wildman–Crippen MR) is 88.6 cm³/mol. The molecule has 0 spiro atoms. The Morgan fingerprint density at radius 2 is 2.22 bits per heavy atom. The van der Waals surface area contributed by atoms with Crippen LogP contribution < -0.4 is 0 Å². The summed E-state index contributed by atoms with van der Waals surface area (Å²) < 4.78 is 18.1. The minimum atomic E-state index is -0.958. The zero-order valence-corrected chi connectivity index (χ0v) is 14.1. The summed E-state index contributed by atoms with van der Waals surface area (Å²) in [6.07, 6.45) is 0.727. The molecule has 124 valence electrons. The number of nitrogens with zero attached hydrogens (tertiary/aromatic N) is 3. The van der Waals surface area contributed by atoms with Crippen molar-refractivity contribution >= 4 is 10.8 Å². The molecule has 0 saturated carbocycles. The first-order valence-electron chi connectivity index (χ1n) is 7.95. The molecule has 2 unspecified atom stereocenters. The maximum atomic E-state index is 12.3. The van der Waals surface area contributed by atoms with Crippen molar-refractivity contribution in [3.63, 3.8) is 0 Å². The van der Waals surface area contributed by atoms with E-state index >= 15 is 0 Å². The first kappa shape index (κ1) is 16.3. The van der Waals surface area contributed by atoms with Gasteiger partial charge >= 0.3 is 0 Å². The second-order valence-electron chi connectivity index (χ2n) is 5.52. The topological polar surface area (TPSA) is 71.1 Å². The highest BCUT2D eigenvalue weighted by Gasteiger charge is 2.25. The van der Waals surface area contributed by atoms with Crippen molar-refractivity contribution in [3.8, 4) is 0 Å². The molecule has 2 heterocycles. The molecule has 0 aliphatic carbocycles. The smallest absolute Gasteiger partial charge is 0.180 e. The van der Waals surface area contributed by atoms with Gasteiger partial charge in [-0.3, -0.25) is 14.2 Å². The third-order valence-electron chi connectivity index (χ3n) is 3.92. The Hall–Kier alpha value is -1.57. The number of benzene rings is 1. The molecule has 0 bridgehead atoms. The first-order chi connectivity index (χ1) is 11.3. The highest BCUT2D eigenvalue weighted by atomic mass is 32.2. The van der Waals surface area contributed by atoms with Gasteiger partial charge in [0.1, 0.15) is 11.9 Å². The van der Waals surface area contributed by atoms with Crippen molar-refractivity contribution in [1.82, 2.24) is 20.1 Å². The van der Waals surface area contributed by atoms with Gasteiger partial charge < -0.3 is 4.74 Å². The Morgan fingerprint density at radius 3 is 2.96 bits per heavy atom. The number of aryl methyl sites for hydroxylation is 1. The lowest BCUT2D eigenvalue weighted by molar-refractivity contribution is -0.0321. The third-order valence-corrected chi connectivity index (χ3v) is 5.27. The molecule has 0 radical (unpaired) electrons. The van der Waals surface area contributed by atoms with Crippen LogP contribution in [0.1, 0.15) is 24.7 Å². The molecule has 0 amide bonds. The average Bonchev–Trinajstić information content (AvgIpc) is 3.10. The molecule has 2 atom stereocenters. The standard InChI is InChI=1S/C16H22N4O2S/c1-2-15-17-16(19-18-15)14-12-20(8-10-22-14)9-11-23(21)13-6-4-3-5-7-13/h3-7,14H,2,8-12H2,1H3,(H,17,18,19). The second kappa shape index (κ2) is 7.81. The average molecular weight is 334 g/mol. The van der Waals surface area contributed by atoms with Crippen molar-refractivity contribution in [3.05, 3.63) is 42.0 Å². The van der Waals surface area contributed by atoms with Crippen LogP contribution in [0.2, 0.25) is 0 Å². The van der Waals surface area contributed by atoms with E-state index in [0.717, 1.165) is 42.6 Å². The summed E-state index contributed by atoms with van der Waals surface area (Å²) in [6.45, 7) is 5.07. The fourth-order valence-electron chi connectivity index (χ4n) is 2.58. The molecule has 2 aromatic rings. The maximum absolute atomic E-state index is 12.3. The SMILES string of the molecule is CCc1nc(C2CN(CCS(=O)c3ccccc3)CCO2)n[nH]1. The van der Waals surface area contributed by atoms with E-state index in [-0.39, 0.29) is 6.10 Å². The second-order valence-corrected chi connectivity index (χ2v) is 7.09. The van der Waals surface area contributed by atoms with Gasteiger partial charge in [-0.05, 0) is 12.1 Å². The number of aromatic nitrogens is 3. The first-order valence-corrected chi connectivity index (χ1v) is 9.26. The Bertz CT molecular complexity index is 647. The number of ether oxygens (including phenoxy) is 1. The summed E-state index contributed by atoms with van der Waals surface area (Å²) in [5.41, 5.74) is 0. The zero-order chi connectivity index (χ0) is 16.1. The van der Waals surface area contributed by atoms with Gasteiger partial charge in [0, 0.05) is 36.7 Å². The lowest BCUT2D eigenvalue weighted by atomic mass is 10.2. The Kier molecular flexibility index (Phi) is 5.53. The zero-order valence-electron chi connectivity index (χ0n) is 13.3. The molecule has 23 heavy (non-hydrogen) atoms. The van der Waals surface area contributed by atoms with Gasteiger partial charge in [0.2, 0.25) is 0 Å². The van der Waals surface area contributed by atoms with Gasteiger partial charge in [-0.1, -0.05) is 25.1 Å². The van der Waals surface area contributed by atoms with Crippen molar-refractivity contribution in [2.24, 2.45) is 0 Å². The molecule has 1 aliphatic heterocycles. The molecule has 1 aromatic heterocycles. The lowest BCUT2D eigenvalue weighted by Gasteiger charge is -2.31. The van der Waals surface area contributed by atoms with Crippen molar-refractivity contribution in [2.45, 2.75) is 24.3 Å². The molecular weight excluding hydrogens is 312 g/mol. The quantitative estimate of drug-likeness (QED) is 0.868. The minimum Gasteiger partial charge on any atom is -0.367 e. The van der Waals surface area contributed by atoms with Crippen LogP contribution in [0.25, 0.3) is 0 Å². The van der Waals surface area contributed by atoms with Crippen LogP contribution >= 0.6 is 0 Å². The van der Waals surface area contributed by atoms with Gasteiger partial charge in [-0.2, -0.15) is 5.10 Å². The molecule has 3 rings (SSSR count). The molecule has 1 aliphatic rings. The number of hydrogen-bond donors (Lipinski definition) is 1. The third kappa shape index (κ3) is 4.25. The molecule has 1 fully saturated rings. The van der Waals surface area contributed by atoms with Gasteiger partial charge in [-0.15, -0.1) is 0 Å². The molecule has 6 nitrogen and oxygen atoms in total. The summed E-state index contributed by atoms with van der Waals surface area (Å²) in [5.74, 6) is 2.23. The number of nitrogens with one attached hydrogen (secondary N) is 1. The van der Waals surface area contributed by atoms with E-state index < -0.39 is 10.8 Å². The normalized spacial score (nSPS) is 20.5. The van der Waals surface area contributed by atoms with E-state index in [1.54, 1.807) is 0 Å². The summed E-state index contributed by atoms with van der Waals surface area (Å²) in [5, 5.41) is 7.17. The highest BCUT2D eigenvalue weighted by molar-refractivity contribution is 7.85. The van der Waals surface area contributed by atoms with Gasteiger partial charge in [0.05, 0.1) is 17.4 Å². The van der Waals surface area contributed by atoms with Crippen LogP contribution in [0.4, 0.5) is 0 Å². The van der Waals surface area contributed by atoms with E-state index in [0.29, 0.717) is 12.4 Å². The van der Waals surface area contributed by atoms with E-state index in [4.69, 9.17) is 4.74 Å². The largest absolute Gasteiger partial charge is 0.367 e. The van der Waals surface area contributed by atoms with E-state index in [1.165, 1.54) is 0 Å². The van der Waals surface area contributed by atoms with Crippen LogP contribution in [0.3, 0.4) is 0 Å². The Balaban J connectivity index is 1.53. The number of H-pyrrole nitrogens is 1. The summed E-state index contributed by atoms with van der Waals surface area (Å²) in [4.78, 5) is 7.61. The molecule has 7 heteroatoms. The van der Waals surface area contributed by atoms with Crippen LogP contribution in [0.15, 0.2) is 35.2 Å². The van der Waals surface area contributed by atoms with Crippen molar-refractivity contribution in [2.75, 3.05) is 32.0 Å². The van der Waals surface area contributed by atoms with Crippen molar-refractivity contribution < 1.29 is 8.95 Å². The highest BCUT2D eigenvalue weighted by Crippen LogP contribution is 2.19. The number of aromatic amines is 1. The van der Waals surface area contributed by atoms with Gasteiger partial charge in [0.25, 0.3) is 0 Å². The number of morpholine rings is 1. The molecule has 1 N–H and O–H groups in total.